The van der Waals surface area contributed by atoms with E-state index < -0.39 is 0 Å². The van der Waals surface area contributed by atoms with Crippen LogP contribution in [0, 0.1) is 6.92 Å². The fourth-order valence-electron chi connectivity index (χ4n) is 5.55. The third kappa shape index (κ3) is 8.34. The maximum atomic E-state index is 10.0. The van der Waals surface area contributed by atoms with E-state index in [2.05, 4.69) is 70.6 Å². The van der Waals surface area contributed by atoms with Crippen molar-refractivity contribution in [1.29, 1.82) is 0 Å². The van der Waals surface area contributed by atoms with Crippen LogP contribution in [0.15, 0.2) is 60.9 Å². The Labute approximate surface area is 223 Å². The number of piperidine rings is 1. The summed E-state index contributed by atoms with van der Waals surface area (Å²) in [6.45, 7) is 15.8. The standard InChI is InChI=1S/C21H31N3O.C10H15NO/c1-17-15-24(21-19(17)8-5-9-20(21)25-2)12-6-10-22-13-14-23-11-4-3-7-18(23)16-22;1-3-5-7-10(6-4-2)8-11-9-12/h5,8-9,15,18H,3-4,6-7,10-14,16H2,1-2H3;3,5-7,9H,1,4,8H2,2H3,(H,11,12)/b;7-5-,10-6+. The van der Waals surface area contributed by atoms with Gasteiger partial charge in [-0.2, -0.15) is 0 Å². The number of piperazine rings is 1. The Balaban J connectivity index is 0.000000270. The molecule has 0 saturated carbocycles. The van der Waals surface area contributed by atoms with Crippen LogP contribution < -0.4 is 10.1 Å². The summed E-state index contributed by atoms with van der Waals surface area (Å²) < 4.78 is 7.99. The van der Waals surface area contributed by atoms with Gasteiger partial charge in [-0.05, 0) is 62.9 Å². The summed E-state index contributed by atoms with van der Waals surface area (Å²) in [6.07, 6.45) is 16.9. The Hall–Kier alpha value is -2.83. The molecule has 3 heterocycles. The minimum Gasteiger partial charge on any atom is -0.495 e. The van der Waals surface area contributed by atoms with E-state index >= 15 is 0 Å². The molecule has 4 rings (SSSR count). The molecule has 2 aromatic rings. The van der Waals surface area contributed by atoms with Crippen molar-refractivity contribution in [2.75, 3.05) is 46.4 Å². The second-order valence-corrected chi connectivity index (χ2v) is 9.98. The highest BCUT2D eigenvalue weighted by Gasteiger charge is 2.28. The summed E-state index contributed by atoms with van der Waals surface area (Å²) in [5.41, 5.74) is 3.69. The number of amides is 1. The number of para-hydroxylation sites is 1. The summed E-state index contributed by atoms with van der Waals surface area (Å²) in [6, 6.07) is 7.17. The zero-order valence-electron chi connectivity index (χ0n) is 23.1. The van der Waals surface area contributed by atoms with Crippen molar-refractivity contribution < 1.29 is 9.53 Å². The zero-order valence-corrected chi connectivity index (χ0v) is 23.1. The van der Waals surface area contributed by atoms with Crippen molar-refractivity contribution in [1.82, 2.24) is 19.7 Å². The fourth-order valence-corrected chi connectivity index (χ4v) is 5.55. The molecule has 202 valence electrons. The van der Waals surface area contributed by atoms with Crippen LogP contribution in [-0.4, -0.2) is 73.2 Å². The number of aromatic nitrogens is 1. The third-order valence-electron chi connectivity index (χ3n) is 7.38. The highest BCUT2D eigenvalue weighted by atomic mass is 16.5. The van der Waals surface area contributed by atoms with Crippen LogP contribution in [-0.2, 0) is 11.3 Å². The first-order valence-corrected chi connectivity index (χ1v) is 13.8. The van der Waals surface area contributed by atoms with Crippen molar-refractivity contribution in [2.45, 2.75) is 58.5 Å². The first-order valence-electron chi connectivity index (χ1n) is 13.8. The second kappa shape index (κ2) is 15.4. The molecule has 0 radical (unpaired) electrons. The van der Waals surface area contributed by atoms with Crippen molar-refractivity contribution >= 4 is 17.3 Å². The molecule has 1 aromatic carbocycles. The molecule has 1 unspecified atom stereocenters. The molecule has 2 saturated heterocycles. The van der Waals surface area contributed by atoms with Gasteiger partial charge in [0.05, 0.1) is 12.6 Å². The van der Waals surface area contributed by atoms with Crippen LogP contribution in [0.5, 0.6) is 5.75 Å². The van der Waals surface area contributed by atoms with Gasteiger partial charge in [0.1, 0.15) is 5.75 Å². The van der Waals surface area contributed by atoms with Crippen molar-refractivity contribution in [3.8, 4) is 5.75 Å². The molecule has 0 spiro atoms. The number of methoxy groups -OCH3 is 1. The van der Waals surface area contributed by atoms with Crippen molar-refractivity contribution in [3.05, 3.63) is 66.4 Å². The maximum Gasteiger partial charge on any atom is 0.207 e. The molecule has 2 aliphatic heterocycles. The number of rotatable bonds is 11. The maximum absolute atomic E-state index is 10.0. The number of ether oxygens (including phenoxy) is 1. The average molecular weight is 507 g/mol. The number of nitrogens with zero attached hydrogens (tertiary/aromatic N) is 3. The third-order valence-corrected chi connectivity index (χ3v) is 7.38. The van der Waals surface area contributed by atoms with Gasteiger partial charge < -0.3 is 19.5 Å². The lowest BCUT2D eigenvalue weighted by molar-refractivity contribution is -0.109. The lowest BCUT2D eigenvalue weighted by Crippen LogP contribution is -2.54. The zero-order chi connectivity index (χ0) is 26.5. The monoisotopic (exact) mass is 506 g/mol. The molecule has 1 N–H and O–H groups in total. The van der Waals surface area contributed by atoms with E-state index in [1.165, 1.54) is 74.9 Å². The number of carbonyl (C=O) groups excluding carboxylic acids is 1. The lowest BCUT2D eigenvalue weighted by Gasteiger charge is -2.44. The van der Waals surface area contributed by atoms with Gasteiger partial charge in [0, 0.05) is 50.3 Å². The first-order chi connectivity index (χ1) is 18.1. The second-order valence-electron chi connectivity index (χ2n) is 9.98. The number of hydrogen-bond donors (Lipinski definition) is 1. The fraction of sp³-hybridized carbons (Fsp3) is 0.516. The Morgan fingerprint density at radius 3 is 2.84 bits per heavy atom. The highest BCUT2D eigenvalue weighted by molar-refractivity contribution is 5.89. The number of aryl methyl sites for hydroxylation is 2. The van der Waals surface area contributed by atoms with E-state index in [1.807, 2.05) is 12.2 Å². The average Bonchev–Trinajstić information content (AvgIpc) is 3.26. The van der Waals surface area contributed by atoms with Gasteiger partial charge in [0.2, 0.25) is 6.41 Å². The minimum absolute atomic E-state index is 0.585. The molecule has 0 aliphatic carbocycles. The predicted molar refractivity (Wildman–Crippen MR) is 155 cm³/mol. The highest BCUT2D eigenvalue weighted by Crippen LogP contribution is 2.29. The Morgan fingerprint density at radius 2 is 2.08 bits per heavy atom. The molecule has 2 fully saturated rings. The Kier molecular flexibility index (Phi) is 12.0. The molecular formula is C31H46N4O2. The van der Waals surface area contributed by atoms with Gasteiger partial charge >= 0.3 is 0 Å². The van der Waals surface area contributed by atoms with Crippen LogP contribution in [0.3, 0.4) is 0 Å². The summed E-state index contributed by atoms with van der Waals surface area (Å²) in [5, 5.41) is 3.92. The minimum atomic E-state index is 0.585. The van der Waals surface area contributed by atoms with Crippen LogP contribution >= 0.6 is 0 Å². The molecule has 37 heavy (non-hydrogen) atoms. The van der Waals surface area contributed by atoms with Gasteiger partial charge in [-0.3, -0.25) is 9.69 Å². The summed E-state index contributed by atoms with van der Waals surface area (Å²) in [4.78, 5) is 15.4. The number of hydrogen-bond acceptors (Lipinski definition) is 4. The smallest absolute Gasteiger partial charge is 0.207 e. The molecule has 2 aliphatic rings. The molecule has 6 nitrogen and oxygen atoms in total. The largest absolute Gasteiger partial charge is 0.495 e. The van der Waals surface area contributed by atoms with Gasteiger partial charge in [0.15, 0.2) is 0 Å². The molecule has 0 bridgehead atoms. The van der Waals surface area contributed by atoms with Crippen LogP contribution in [0.1, 0.15) is 44.6 Å². The van der Waals surface area contributed by atoms with Crippen LogP contribution in [0.25, 0.3) is 10.9 Å². The Morgan fingerprint density at radius 1 is 1.22 bits per heavy atom. The molecule has 1 aromatic heterocycles. The predicted octanol–water partition coefficient (Wildman–Crippen LogP) is 5.33. The van der Waals surface area contributed by atoms with Crippen LogP contribution in [0.4, 0.5) is 0 Å². The number of carbonyl (C=O) groups is 1. The normalized spacial score (nSPS) is 18.8. The Bertz CT molecular complexity index is 1050. The topological polar surface area (TPSA) is 49.7 Å². The van der Waals surface area contributed by atoms with Crippen molar-refractivity contribution in [3.63, 3.8) is 0 Å². The molecule has 6 heteroatoms. The van der Waals surface area contributed by atoms with Gasteiger partial charge in [0.25, 0.3) is 0 Å². The number of benzene rings is 1. The van der Waals surface area contributed by atoms with E-state index in [4.69, 9.17) is 4.74 Å². The molecule has 1 atom stereocenters. The summed E-state index contributed by atoms with van der Waals surface area (Å²) in [7, 11) is 1.77. The molecular weight excluding hydrogens is 460 g/mol. The summed E-state index contributed by atoms with van der Waals surface area (Å²) >= 11 is 0. The summed E-state index contributed by atoms with van der Waals surface area (Å²) in [5.74, 6) is 0.987. The lowest BCUT2D eigenvalue weighted by atomic mass is 9.99. The number of nitrogens with one attached hydrogen (secondary N) is 1. The van der Waals surface area contributed by atoms with Gasteiger partial charge in [-0.15, -0.1) is 0 Å². The van der Waals surface area contributed by atoms with Crippen LogP contribution in [0.2, 0.25) is 0 Å². The van der Waals surface area contributed by atoms with E-state index in [1.54, 1.807) is 13.2 Å². The SMILES string of the molecule is C=C/C=C\C(=C/CC)CNC=O.COc1cccc2c(C)cn(CCCN3CCN4CCCCC4C3)c12. The number of fused-ring (bicyclic) bond motifs is 2. The number of allylic oxidation sites excluding steroid dienone is 3. The van der Waals surface area contributed by atoms with Crippen molar-refractivity contribution in [2.24, 2.45) is 0 Å². The molecule has 1 amide bonds. The first kappa shape index (κ1) is 28.7. The van der Waals surface area contributed by atoms with E-state index in [0.717, 1.165) is 30.3 Å². The van der Waals surface area contributed by atoms with Gasteiger partial charge in [-0.25, -0.2) is 0 Å². The quantitative estimate of drug-likeness (QED) is 0.331. The van der Waals surface area contributed by atoms with E-state index in [0.29, 0.717) is 13.0 Å². The van der Waals surface area contributed by atoms with E-state index in [-0.39, 0.29) is 0 Å². The van der Waals surface area contributed by atoms with E-state index in [9.17, 15) is 4.79 Å². The van der Waals surface area contributed by atoms with Gasteiger partial charge in [-0.1, -0.05) is 56.4 Å².